The Hall–Kier alpha value is 1.52. The fourth-order valence-corrected chi connectivity index (χ4v) is 146. The summed E-state index contributed by atoms with van der Waals surface area (Å²) in [5.74, 6) is 1.80. The van der Waals surface area contributed by atoms with Crippen LogP contribution in [0.15, 0.2) is 0 Å². The van der Waals surface area contributed by atoms with Crippen LogP contribution in [0.4, 0.5) is 0 Å². The van der Waals surface area contributed by atoms with E-state index in [9.17, 15) is 0 Å². The molecule has 198 valence electrons. The Labute approximate surface area is 209 Å². The Kier molecular flexibility index (Phi) is 1.62. The zero-order valence-corrected chi connectivity index (χ0v) is 27.4. The molecule has 35 heavy (non-hydrogen) atoms. The van der Waals surface area contributed by atoms with E-state index in [0.717, 1.165) is 28.7 Å². The van der Waals surface area contributed by atoms with Crippen molar-refractivity contribution in [2.45, 2.75) is 117 Å². The van der Waals surface area contributed by atoms with Crippen molar-refractivity contribution in [3.8, 4) is 0 Å². The van der Waals surface area contributed by atoms with Crippen LogP contribution in [0.2, 0.25) is 65.4 Å². The Morgan fingerprint density at radius 3 is 1.66 bits per heavy atom. The van der Waals surface area contributed by atoms with E-state index < -0.39 is 14.6 Å². The van der Waals surface area contributed by atoms with Crippen LogP contribution in [0.1, 0.15) is 46.5 Å². The van der Waals surface area contributed by atoms with E-state index in [-0.39, 0.29) is 0 Å². The third kappa shape index (κ3) is 0.403. The number of hydrogen-bond donors (Lipinski definition) is 2. The van der Waals surface area contributed by atoms with Gasteiger partial charge in [0.25, 0.3) is 0 Å². The molecule has 12 heterocycles. The maximum absolute atomic E-state index is 4.04. The fraction of sp³-hybridized carbons (Fsp3) is 1.00. The van der Waals surface area contributed by atoms with Gasteiger partial charge in [-0.25, -0.2) is 0 Å². The zero-order chi connectivity index (χ0) is 24.2. The first kappa shape index (κ1) is 20.4. The van der Waals surface area contributed by atoms with E-state index in [2.05, 4.69) is 69.5 Å². The van der Waals surface area contributed by atoms with Crippen molar-refractivity contribution in [1.82, 2.24) is 10.6 Å². The quantitative estimate of drug-likeness (QED) is 0.268. The molecule has 9 unspecified atom stereocenters. The van der Waals surface area contributed by atoms with E-state index in [1.807, 2.05) is 0 Å². The van der Waals surface area contributed by atoms with Crippen LogP contribution in [-0.4, -0.2) is 45.6 Å². The van der Waals surface area contributed by atoms with Crippen molar-refractivity contribution in [1.29, 1.82) is 0 Å². The molecule has 12 aliphatic rings. The van der Waals surface area contributed by atoms with Crippen LogP contribution in [0, 0.1) is 17.3 Å². The van der Waals surface area contributed by atoms with E-state index in [4.69, 9.17) is 0 Å². The summed E-state index contributed by atoms with van der Waals surface area (Å²) in [6, 6.07) is 0. The topological polar surface area (TPSA) is 24.1 Å². The minimum atomic E-state index is -4.04. The van der Waals surface area contributed by atoms with E-state index >= 15 is 0 Å². The summed E-state index contributed by atoms with van der Waals surface area (Å²) in [5.41, 5.74) is 0.520. The molecule has 0 radical (unpaired) electrons. The van der Waals surface area contributed by atoms with Gasteiger partial charge in [0.2, 0.25) is 0 Å². The summed E-state index contributed by atoms with van der Waals surface area (Å²) in [7, 11) is 6.18. The second-order valence-corrected chi connectivity index (χ2v) is 49.6. The van der Waals surface area contributed by atoms with E-state index in [1.165, 1.54) is 86.9 Å². The van der Waals surface area contributed by atoms with E-state index in [0.29, 0.717) is 10.6 Å². The second kappa shape index (κ2) is 2.77. The molecule has 0 bridgehead atoms. The SMILES string of the molecule is CC(C)(C)[C]12[C]3(C(P)(C4CCCNC4)C4CCCNC4)[C]4(CP)[CH]5[C]1([Si](C)(C)C)[Fe]54321678[CH]2[CH]1[CH]6[CH]7[CH]28. The van der Waals surface area contributed by atoms with Gasteiger partial charge in [0.1, 0.15) is 0 Å². The van der Waals surface area contributed by atoms with Crippen LogP contribution in [0.25, 0.3) is 0 Å². The second-order valence-electron chi connectivity index (χ2n) is 19.8. The van der Waals surface area contributed by atoms with Crippen LogP contribution in [0.5, 0.6) is 0 Å². The molecule has 12 aliphatic heterocycles. The average Bonchev–Trinajstić information content (AvgIpc) is 3.77. The third-order valence-corrected chi connectivity index (χ3v) is 79.2. The Morgan fingerprint density at radius 1 is 0.857 bits per heavy atom. The summed E-state index contributed by atoms with van der Waals surface area (Å²) in [6.45, 7) is 18.4. The van der Waals surface area contributed by atoms with Crippen molar-refractivity contribution >= 4 is 26.6 Å². The molecule has 0 amide bonds. The van der Waals surface area contributed by atoms with Gasteiger partial charge in [-0.3, -0.25) is 0 Å². The molecule has 12 rings (SSSR count). The molecule has 6 heteroatoms. The molecule has 0 aromatic heterocycles. The predicted molar refractivity (Wildman–Crippen MR) is 154 cm³/mol. The van der Waals surface area contributed by atoms with Gasteiger partial charge in [0.15, 0.2) is 0 Å². The number of hydrogen-bond acceptors (Lipinski definition) is 2. The van der Waals surface area contributed by atoms with Crippen LogP contribution in [0.3, 0.4) is 0 Å². The van der Waals surface area contributed by atoms with Crippen LogP contribution < -0.4 is 10.6 Å². The van der Waals surface area contributed by atoms with Crippen molar-refractivity contribution in [2.24, 2.45) is 17.3 Å². The average molecular weight is 573 g/mol. The zero-order valence-electron chi connectivity index (χ0n) is 23.0. The Morgan fingerprint density at radius 2 is 1.34 bits per heavy atom. The van der Waals surface area contributed by atoms with Crippen molar-refractivity contribution in [2.75, 3.05) is 32.3 Å². The molecule has 0 aromatic carbocycles. The van der Waals surface area contributed by atoms with Crippen LogP contribution >= 0.6 is 18.5 Å². The maximum atomic E-state index is 3.99. The molecule has 0 saturated carbocycles. The van der Waals surface area contributed by atoms with Crippen molar-refractivity contribution < 1.29 is 6.51 Å². The molecule has 12 fully saturated rings. The van der Waals surface area contributed by atoms with Crippen molar-refractivity contribution in [3.05, 3.63) is 0 Å². The number of rotatable bonds is 5. The summed E-state index contributed by atoms with van der Waals surface area (Å²) in [4.78, 5) is 8.08. The van der Waals surface area contributed by atoms with Gasteiger partial charge in [-0.2, -0.15) is 0 Å². The van der Waals surface area contributed by atoms with E-state index in [1.54, 1.807) is 0 Å². The molecule has 2 N–H and O–H groups in total. The fourth-order valence-electron chi connectivity index (χ4n) is 27.5. The minimum absolute atomic E-state index is 0.504. The summed E-state index contributed by atoms with van der Waals surface area (Å²) >= 11 is 0. The van der Waals surface area contributed by atoms with Gasteiger partial charge in [0.05, 0.1) is 0 Å². The summed E-state index contributed by atoms with van der Waals surface area (Å²) in [5, 5.41) is 8.49. The predicted octanol–water partition coefficient (Wildman–Crippen LogP) is 7.27. The molecule has 1 spiro atoms. The van der Waals surface area contributed by atoms with Gasteiger partial charge in [-0.1, -0.05) is 0 Å². The van der Waals surface area contributed by atoms with Gasteiger partial charge >= 0.3 is 210 Å². The molecule has 0 aliphatic carbocycles. The Bertz CT molecular complexity index is 1540. The molecule has 0 aromatic rings. The monoisotopic (exact) mass is 572 g/mol. The first-order chi connectivity index (χ1) is 16.2. The first-order valence-corrected chi connectivity index (χ1v) is 26.3. The Balaban J connectivity index is 1.28. The van der Waals surface area contributed by atoms with Gasteiger partial charge < -0.3 is 0 Å². The number of nitrogens with one attached hydrogen (secondary N) is 2. The third-order valence-electron chi connectivity index (χ3n) is 22.4. The molecule has 9 atom stereocenters. The first-order valence-electron chi connectivity index (χ1n) is 15.4. The molecular weight excluding hydrogens is 522 g/mol. The number of fused-ring (bicyclic) bond motifs is 10. The molecule has 12 saturated heterocycles. The molecular formula is C29H50FeN2P2Si. The summed E-state index contributed by atoms with van der Waals surface area (Å²) in [6.07, 6.45) is 7.39. The number of piperidine rings is 2. The summed E-state index contributed by atoms with van der Waals surface area (Å²) < 4.78 is 3.48. The van der Waals surface area contributed by atoms with Gasteiger partial charge in [0, 0.05) is 0 Å². The normalized spacial score (nSPS) is 82.9. The van der Waals surface area contributed by atoms with Gasteiger partial charge in [-0.15, -0.1) is 0 Å². The molecule has 2 nitrogen and oxygen atoms in total. The van der Waals surface area contributed by atoms with Gasteiger partial charge in [-0.05, 0) is 0 Å². The van der Waals surface area contributed by atoms with Crippen LogP contribution in [-0.2, 0) is 6.51 Å². The van der Waals surface area contributed by atoms with Crippen molar-refractivity contribution in [3.63, 3.8) is 0 Å². The standard InChI is InChI=1S/C24H45N2P2Si.C5H5.Fe/c1-23(2,3)22-20(29(4,5)6)13-17(16-27)21(22)24(28,18-9-7-11-25-14-18)19-10-8-12-26-15-19;1-2-4-5-3-1;/h13,18-19,25-26H,7-12,14-16,27-28H2,1-6H3;1-5H;.